The molecule has 8 heteroatoms. The van der Waals surface area contributed by atoms with Crippen molar-refractivity contribution in [1.29, 1.82) is 0 Å². The second-order valence-corrected chi connectivity index (χ2v) is 11.0. The molecule has 2 aromatic carbocycles. The molecule has 2 aliphatic rings. The van der Waals surface area contributed by atoms with Crippen LogP contribution in [-0.2, 0) is 10.0 Å². The van der Waals surface area contributed by atoms with Crippen molar-refractivity contribution in [3.63, 3.8) is 0 Å². The summed E-state index contributed by atoms with van der Waals surface area (Å²) in [4.78, 5) is 17.5. The highest BCUT2D eigenvalue weighted by Gasteiger charge is 2.31. The summed E-state index contributed by atoms with van der Waals surface area (Å²) in [5.41, 5.74) is 2.63. The average molecular weight is 471 g/mol. The van der Waals surface area contributed by atoms with Gasteiger partial charge in [0.25, 0.3) is 5.91 Å². The molecule has 1 amide bonds. The van der Waals surface area contributed by atoms with Crippen LogP contribution in [0.15, 0.2) is 47.4 Å². The highest BCUT2D eigenvalue weighted by molar-refractivity contribution is 7.89. The summed E-state index contributed by atoms with van der Waals surface area (Å²) in [6, 6.07) is 12.7. The van der Waals surface area contributed by atoms with E-state index >= 15 is 0 Å². The van der Waals surface area contributed by atoms with E-state index in [0.717, 1.165) is 57.3 Å². The molecular weight excluding hydrogens is 436 g/mol. The molecule has 33 heavy (non-hydrogen) atoms. The minimum Gasteiger partial charge on any atom is -0.376 e. The number of para-hydroxylation sites is 2. The van der Waals surface area contributed by atoms with E-state index in [1.807, 2.05) is 49.3 Å². The smallest absolute Gasteiger partial charge is 0.255 e. The number of carbonyl (C=O) groups is 1. The van der Waals surface area contributed by atoms with E-state index in [-0.39, 0.29) is 10.8 Å². The summed E-state index contributed by atoms with van der Waals surface area (Å²) in [5.74, 6) is -0.315. The lowest BCUT2D eigenvalue weighted by Gasteiger charge is -2.33. The SMILES string of the molecule is CN(C)c1ccccc1NC(=O)c1ccc(N2CCCCC2)c(S(=O)(=O)N2CCCCC2)c1. The Morgan fingerprint density at radius 2 is 1.52 bits per heavy atom. The first-order valence-electron chi connectivity index (χ1n) is 11.8. The number of sulfonamides is 1. The van der Waals surface area contributed by atoms with Gasteiger partial charge in [0.2, 0.25) is 10.0 Å². The lowest BCUT2D eigenvalue weighted by atomic mass is 10.1. The van der Waals surface area contributed by atoms with Crippen LogP contribution in [0.3, 0.4) is 0 Å². The average Bonchev–Trinajstić information content (AvgIpc) is 2.85. The number of rotatable bonds is 6. The molecule has 2 fully saturated rings. The number of amides is 1. The fraction of sp³-hybridized carbons (Fsp3) is 0.480. The van der Waals surface area contributed by atoms with Gasteiger partial charge in [0.1, 0.15) is 4.90 Å². The summed E-state index contributed by atoms with van der Waals surface area (Å²) < 4.78 is 29.0. The van der Waals surface area contributed by atoms with E-state index in [1.54, 1.807) is 16.4 Å². The molecule has 2 saturated heterocycles. The van der Waals surface area contributed by atoms with Crippen LogP contribution in [0.1, 0.15) is 48.9 Å². The predicted molar refractivity (Wildman–Crippen MR) is 134 cm³/mol. The van der Waals surface area contributed by atoms with E-state index in [9.17, 15) is 13.2 Å². The number of piperidine rings is 2. The zero-order valence-corrected chi connectivity index (χ0v) is 20.4. The predicted octanol–water partition coefficient (Wildman–Crippen LogP) is 4.17. The van der Waals surface area contributed by atoms with Gasteiger partial charge < -0.3 is 15.1 Å². The number of hydrogen-bond acceptors (Lipinski definition) is 5. The molecule has 0 bridgehead atoms. The van der Waals surface area contributed by atoms with Crippen molar-refractivity contribution in [3.8, 4) is 0 Å². The third kappa shape index (κ3) is 5.17. The first-order chi connectivity index (χ1) is 15.9. The summed E-state index contributed by atoms with van der Waals surface area (Å²) in [5, 5.41) is 2.96. The van der Waals surface area contributed by atoms with Crippen LogP contribution in [0.2, 0.25) is 0 Å². The van der Waals surface area contributed by atoms with Gasteiger partial charge in [-0.15, -0.1) is 0 Å². The highest BCUT2D eigenvalue weighted by Crippen LogP contribution is 2.33. The van der Waals surface area contributed by atoms with Gasteiger partial charge in [-0.3, -0.25) is 4.79 Å². The Morgan fingerprint density at radius 3 is 2.18 bits per heavy atom. The number of anilines is 3. The van der Waals surface area contributed by atoms with Crippen molar-refractivity contribution >= 4 is 33.0 Å². The van der Waals surface area contributed by atoms with E-state index in [1.165, 1.54) is 0 Å². The fourth-order valence-electron chi connectivity index (χ4n) is 4.67. The summed E-state index contributed by atoms with van der Waals surface area (Å²) >= 11 is 0. The first kappa shape index (κ1) is 23.6. The minimum atomic E-state index is -3.69. The van der Waals surface area contributed by atoms with Crippen molar-refractivity contribution in [2.24, 2.45) is 0 Å². The molecule has 0 aromatic heterocycles. The maximum atomic E-state index is 13.7. The third-order valence-electron chi connectivity index (χ3n) is 6.49. The molecule has 0 radical (unpaired) electrons. The Kier molecular flexibility index (Phi) is 7.24. The van der Waals surface area contributed by atoms with Crippen molar-refractivity contribution in [3.05, 3.63) is 48.0 Å². The van der Waals surface area contributed by atoms with Crippen LogP contribution in [0.5, 0.6) is 0 Å². The van der Waals surface area contributed by atoms with Crippen LogP contribution in [0, 0.1) is 0 Å². The van der Waals surface area contributed by atoms with Gasteiger partial charge in [0.05, 0.1) is 17.1 Å². The maximum absolute atomic E-state index is 13.7. The molecule has 4 rings (SSSR count). The topological polar surface area (TPSA) is 73.0 Å². The van der Waals surface area contributed by atoms with Crippen LogP contribution >= 0.6 is 0 Å². The molecule has 0 unspecified atom stereocenters. The van der Waals surface area contributed by atoms with E-state index in [0.29, 0.717) is 30.0 Å². The Balaban J connectivity index is 1.70. The molecule has 0 spiro atoms. The fourth-order valence-corrected chi connectivity index (χ4v) is 6.42. The van der Waals surface area contributed by atoms with Gasteiger partial charge in [-0.05, 0) is 62.4 Å². The van der Waals surface area contributed by atoms with Gasteiger partial charge in [-0.2, -0.15) is 4.31 Å². The summed E-state index contributed by atoms with van der Waals surface area (Å²) in [7, 11) is 0.148. The largest absolute Gasteiger partial charge is 0.376 e. The van der Waals surface area contributed by atoms with E-state index < -0.39 is 10.0 Å². The second-order valence-electron chi connectivity index (χ2n) is 9.06. The zero-order valence-electron chi connectivity index (χ0n) is 19.6. The van der Waals surface area contributed by atoms with E-state index in [4.69, 9.17) is 0 Å². The molecule has 7 nitrogen and oxygen atoms in total. The normalized spacial score (nSPS) is 17.6. The molecule has 178 valence electrons. The Morgan fingerprint density at radius 1 is 0.879 bits per heavy atom. The Bertz CT molecular complexity index is 1090. The van der Waals surface area contributed by atoms with Gasteiger partial charge >= 0.3 is 0 Å². The molecule has 2 heterocycles. The van der Waals surface area contributed by atoms with Crippen molar-refractivity contribution < 1.29 is 13.2 Å². The van der Waals surface area contributed by atoms with Crippen molar-refractivity contribution in [1.82, 2.24) is 4.31 Å². The standard InChI is InChI=1S/C25H34N4O3S/c1-27(2)22-12-6-5-11-21(22)26-25(30)20-13-14-23(28-15-7-3-8-16-28)24(19-20)33(31,32)29-17-9-4-10-18-29/h5-6,11-14,19H,3-4,7-10,15-18H2,1-2H3,(H,26,30). The number of nitrogens with one attached hydrogen (secondary N) is 1. The molecule has 0 aliphatic carbocycles. The number of nitrogens with zero attached hydrogens (tertiary/aromatic N) is 3. The molecular formula is C25H34N4O3S. The highest BCUT2D eigenvalue weighted by atomic mass is 32.2. The minimum absolute atomic E-state index is 0.250. The van der Waals surface area contributed by atoms with Crippen LogP contribution in [0.4, 0.5) is 17.1 Å². The number of carbonyl (C=O) groups excluding carboxylic acids is 1. The molecule has 2 aromatic rings. The quantitative estimate of drug-likeness (QED) is 0.686. The lowest BCUT2D eigenvalue weighted by molar-refractivity contribution is 0.102. The molecule has 1 N–H and O–H groups in total. The summed E-state index contributed by atoms with van der Waals surface area (Å²) in [6.07, 6.45) is 6.06. The third-order valence-corrected chi connectivity index (χ3v) is 8.41. The van der Waals surface area contributed by atoms with Gasteiger partial charge in [-0.25, -0.2) is 8.42 Å². The lowest BCUT2D eigenvalue weighted by Crippen LogP contribution is -2.37. The van der Waals surface area contributed by atoms with E-state index in [2.05, 4.69) is 10.2 Å². The molecule has 0 saturated carbocycles. The van der Waals surface area contributed by atoms with Gasteiger partial charge in [0.15, 0.2) is 0 Å². The first-order valence-corrected chi connectivity index (χ1v) is 13.3. The maximum Gasteiger partial charge on any atom is 0.255 e. The van der Waals surface area contributed by atoms with Crippen molar-refractivity contribution in [2.45, 2.75) is 43.4 Å². The van der Waals surface area contributed by atoms with Crippen LogP contribution in [0.25, 0.3) is 0 Å². The number of hydrogen-bond donors (Lipinski definition) is 1. The van der Waals surface area contributed by atoms with Gasteiger partial charge in [-0.1, -0.05) is 18.6 Å². The molecule has 0 atom stereocenters. The van der Waals surface area contributed by atoms with Gasteiger partial charge in [0, 0.05) is 45.8 Å². The Hall–Kier alpha value is -2.58. The van der Waals surface area contributed by atoms with Crippen LogP contribution in [-0.4, -0.2) is 58.9 Å². The number of benzene rings is 2. The molecule has 2 aliphatic heterocycles. The summed E-state index contributed by atoms with van der Waals surface area (Å²) in [6.45, 7) is 2.75. The zero-order chi connectivity index (χ0) is 23.4. The second kappa shape index (κ2) is 10.1. The monoisotopic (exact) mass is 470 g/mol. The van der Waals surface area contributed by atoms with Crippen molar-refractivity contribution in [2.75, 3.05) is 55.4 Å². The Labute approximate surface area is 197 Å². The van der Waals surface area contributed by atoms with Crippen LogP contribution < -0.4 is 15.1 Å².